The van der Waals surface area contributed by atoms with Gasteiger partial charge in [0.25, 0.3) is 0 Å². The molecule has 3 heterocycles. The zero-order chi connectivity index (χ0) is 26.8. The Kier molecular flexibility index (Phi) is 7.60. The van der Waals surface area contributed by atoms with Crippen molar-refractivity contribution in [3.05, 3.63) is 70.5 Å². The molecule has 0 saturated carbocycles. The molecule has 3 aliphatic heterocycles. The molecule has 7 nitrogen and oxygen atoms in total. The van der Waals surface area contributed by atoms with E-state index in [0.29, 0.717) is 24.7 Å². The zero-order valence-electron chi connectivity index (χ0n) is 21.3. The highest BCUT2D eigenvalue weighted by atomic mass is 19.2. The smallest absolute Gasteiger partial charge is 0.322 e. The number of nitrogens with zero attached hydrogens (tertiary/aromatic N) is 3. The van der Waals surface area contributed by atoms with Crippen LogP contribution >= 0.6 is 0 Å². The molecule has 4 amide bonds. The van der Waals surface area contributed by atoms with Crippen LogP contribution in [0.3, 0.4) is 0 Å². The van der Waals surface area contributed by atoms with Gasteiger partial charge in [-0.15, -0.1) is 0 Å². The number of hydrogen-bond donors (Lipinski definition) is 1. The van der Waals surface area contributed by atoms with Crippen LogP contribution in [0.2, 0.25) is 0 Å². The molecule has 0 aliphatic carbocycles. The first-order valence-corrected chi connectivity index (χ1v) is 12.9. The van der Waals surface area contributed by atoms with Crippen molar-refractivity contribution in [3.8, 4) is 0 Å². The fraction of sp³-hybridized carbons (Fsp3) is 0.429. The fourth-order valence-corrected chi connectivity index (χ4v) is 5.30. The molecule has 0 spiro atoms. The largest absolute Gasteiger partial charge is 0.381 e. The first-order valence-electron chi connectivity index (χ1n) is 12.9. The average molecular weight is 529 g/mol. The number of carbonyl (C=O) groups is 2. The highest BCUT2D eigenvalue weighted by Crippen LogP contribution is 2.30. The Morgan fingerprint density at radius 3 is 2.47 bits per heavy atom. The van der Waals surface area contributed by atoms with E-state index in [0.717, 1.165) is 56.2 Å². The summed E-state index contributed by atoms with van der Waals surface area (Å²) in [5, 5.41) is 2.76. The minimum atomic E-state index is -1.52. The second-order valence-electron chi connectivity index (χ2n) is 10.1. The Labute approximate surface area is 219 Å². The average Bonchev–Trinajstić information content (AvgIpc) is 3.37. The van der Waals surface area contributed by atoms with E-state index in [2.05, 4.69) is 11.4 Å². The minimum absolute atomic E-state index is 0.000261. The molecule has 1 saturated heterocycles. The molecule has 3 aliphatic rings. The summed E-state index contributed by atoms with van der Waals surface area (Å²) in [6, 6.07) is 7.85. The van der Waals surface area contributed by atoms with Gasteiger partial charge in [0.1, 0.15) is 0 Å². The van der Waals surface area contributed by atoms with Crippen molar-refractivity contribution in [2.75, 3.05) is 45.2 Å². The maximum atomic E-state index is 14.0. The van der Waals surface area contributed by atoms with E-state index in [4.69, 9.17) is 4.74 Å². The number of benzene rings is 2. The molecule has 0 radical (unpaired) electrons. The van der Waals surface area contributed by atoms with Crippen LogP contribution in [0, 0.1) is 23.4 Å². The number of halogens is 3. The highest BCUT2D eigenvalue weighted by Gasteiger charge is 2.30. The molecule has 1 N–H and O–H groups in total. The summed E-state index contributed by atoms with van der Waals surface area (Å²) in [6.45, 7) is 3.31. The number of fused-ring (bicyclic) bond motifs is 1. The molecule has 2 aromatic rings. The van der Waals surface area contributed by atoms with Crippen molar-refractivity contribution in [2.24, 2.45) is 5.92 Å². The predicted molar refractivity (Wildman–Crippen MR) is 137 cm³/mol. The van der Waals surface area contributed by atoms with E-state index in [9.17, 15) is 22.8 Å². The van der Waals surface area contributed by atoms with Gasteiger partial charge in [-0.25, -0.2) is 22.8 Å². The fourth-order valence-electron chi connectivity index (χ4n) is 5.30. The Morgan fingerprint density at radius 2 is 1.79 bits per heavy atom. The Morgan fingerprint density at radius 1 is 1.05 bits per heavy atom. The van der Waals surface area contributed by atoms with E-state index in [1.54, 1.807) is 12.1 Å². The standard InChI is InChI=1S/C28H31F3N4O3/c1-33(15-18-8-12-38-13-9-18)28(37)34-10-6-20(7-11-34)19-2-4-22(5-3-19)32-27(36)35-16-21-14-24(29)26(31)25(30)23(21)17-35/h2-6,14,18H,7-13,15-17H2,1H3,(H,32,36). The van der Waals surface area contributed by atoms with E-state index in [-0.39, 0.29) is 30.2 Å². The van der Waals surface area contributed by atoms with Crippen LogP contribution in [0.15, 0.2) is 36.4 Å². The summed E-state index contributed by atoms with van der Waals surface area (Å²) < 4.78 is 46.5. The molecule has 10 heteroatoms. The SMILES string of the molecule is CN(CC1CCOCC1)C(=O)N1CC=C(c2ccc(NC(=O)N3Cc4cc(F)c(F)c(F)c4C3)cc2)CC1. The van der Waals surface area contributed by atoms with Gasteiger partial charge in [-0.1, -0.05) is 18.2 Å². The van der Waals surface area contributed by atoms with E-state index in [1.165, 1.54) is 4.90 Å². The molecule has 0 unspecified atom stereocenters. The van der Waals surface area contributed by atoms with Gasteiger partial charge < -0.3 is 24.8 Å². The third-order valence-corrected chi connectivity index (χ3v) is 7.54. The van der Waals surface area contributed by atoms with Crippen molar-refractivity contribution in [1.82, 2.24) is 14.7 Å². The van der Waals surface area contributed by atoms with Crippen molar-refractivity contribution in [1.29, 1.82) is 0 Å². The van der Waals surface area contributed by atoms with E-state index >= 15 is 0 Å². The van der Waals surface area contributed by atoms with Crippen LogP contribution in [0.1, 0.15) is 36.0 Å². The molecule has 38 heavy (non-hydrogen) atoms. The topological polar surface area (TPSA) is 65.1 Å². The Balaban J connectivity index is 1.14. The van der Waals surface area contributed by atoms with Crippen molar-refractivity contribution >= 4 is 23.3 Å². The number of hydrogen-bond acceptors (Lipinski definition) is 3. The third kappa shape index (κ3) is 5.50. The predicted octanol–water partition coefficient (Wildman–Crippen LogP) is 5.22. The number of rotatable bonds is 4. The normalized spacial score (nSPS) is 17.7. The number of ether oxygens (including phenoxy) is 1. The van der Waals surface area contributed by atoms with Crippen molar-refractivity contribution in [3.63, 3.8) is 0 Å². The lowest BCUT2D eigenvalue weighted by Crippen LogP contribution is -2.45. The second-order valence-corrected chi connectivity index (χ2v) is 10.1. The lowest BCUT2D eigenvalue weighted by Gasteiger charge is -2.33. The molecular formula is C28H31F3N4O3. The summed E-state index contributed by atoms with van der Waals surface area (Å²) in [5.74, 6) is -3.54. The van der Waals surface area contributed by atoms with Gasteiger partial charge in [0.15, 0.2) is 17.5 Å². The minimum Gasteiger partial charge on any atom is -0.381 e. The lowest BCUT2D eigenvalue weighted by molar-refractivity contribution is 0.0566. The first kappa shape index (κ1) is 26.1. The van der Waals surface area contributed by atoms with E-state index in [1.807, 2.05) is 29.0 Å². The van der Waals surface area contributed by atoms with Gasteiger partial charge in [-0.3, -0.25) is 0 Å². The summed E-state index contributed by atoms with van der Waals surface area (Å²) in [6.07, 6.45) is 4.77. The van der Waals surface area contributed by atoms with Crippen LogP contribution in [-0.4, -0.2) is 66.7 Å². The van der Waals surface area contributed by atoms with Crippen molar-refractivity contribution < 1.29 is 27.5 Å². The molecule has 202 valence electrons. The van der Waals surface area contributed by atoms with Crippen LogP contribution in [0.4, 0.5) is 28.4 Å². The zero-order valence-corrected chi connectivity index (χ0v) is 21.3. The Bertz CT molecular complexity index is 1240. The molecule has 0 bridgehead atoms. The van der Waals surface area contributed by atoms with Gasteiger partial charge in [0, 0.05) is 57.7 Å². The molecule has 2 aromatic carbocycles. The highest BCUT2D eigenvalue weighted by molar-refractivity contribution is 5.90. The second kappa shape index (κ2) is 11.1. The summed E-state index contributed by atoms with van der Waals surface area (Å²) in [5.41, 5.74) is 2.95. The number of carbonyl (C=O) groups excluding carboxylic acids is 2. The monoisotopic (exact) mass is 528 g/mol. The molecule has 1 fully saturated rings. The molecule has 5 rings (SSSR count). The Hall–Kier alpha value is -3.53. The lowest BCUT2D eigenvalue weighted by atomic mass is 9.99. The summed E-state index contributed by atoms with van der Waals surface area (Å²) in [7, 11) is 1.86. The number of urea groups is 2. The first-order chi connectivity index (χ1) is 18.3. The van der Waals surface area contributed by atoms with Gasteiger partial charge >= 0.3 is 12.1 Å². The molecule has 0 atom stereocenters. The van der Waals surface area contributed by atoms with Crippen LogP contribution in [-0.2, 0) is 17.8 Å². The van der Waals surface area contributed by atoms with E-state index < -0.39 is 23.5 Å². The van der Waals surface area contributed by atoms with Gasteiger partial charge in [0.2, 0.25) is 0 Å². The van der Waals surface area contributed by atoms with Crippen LogP contribution < -0.4 is 5.32 Å². The molecule has 0 aromatic heterocycles. The quantitative estimate of drug-likeness (QED) is 0.554. The third-order valence-electron chi connectivity index (χ3n) is 7.54. The van der Waals surface area contributed by atoms with Gasteiger partial charge in [-0.05, 0) is 60.1 Å². The maximum absolute atomic E-state index is 14.0. The van der Waals surface area contributed by atoms with Crippen LogP contribution in [0.5, 0.6) is 0 Å². The van der Waals surface area contributed by atoms with Crippen LogP contribution in [0.25, 0.3) is 5.57 Å². The molecular weight excluding hydrogens is 497 g/mol. The summed E-state index contributed by atoms with van der Waals surface area (Å²) in [4.78, 5) is 30.5. The van der Waals surface area contributed by atoms with Crippen molar-refractivity contribution in [2.45, 2.75) is 32.4 Å². The number of nitrogens with one attached hydrogen (secondary N) is 1. The number of amides is 4. The number of anilines is 1. The van der Waals surface area contributed by atoms with Gasteiger partial charge in [-0.2, -0.15) is 0 Å². The summed E-state index contributed by atoms with van der Waals surface area (Å²) >= 11 is 0. The van der Waals surface area contributed by atoms with Gasteiger partial charge in [0.05, 0.1) is 6.54 Å². The maximum Gasteiger partial charge on any atom is 0.322 e.